The van der Waals surface area contributed by atoms with E-state index in [9.17, 15) is 14.4 Å². The van der Waals surface area contributed by atoms with Gasteiger partial charge in [0.05, 0.1) is 0 Å². The zero-order valence-corrected chi connectivity index (χ0v) is 15.5. The first kappa shape index (κ1) is 20.8. The highest BCUT2D eigenvalue weighted by atomic mass is 32.2. The van der Waals surface area contributed by atoms with Gasteiger partial charge in [-0.3, -0.25) is 9.59 Å². The van der Waals surface area contributed by atoms with Crippen molar-refractivity contribution in [1.82, 2.24) is 10.6 Å². The Hall–Kier alpha value is -2.28. The van der Waals surface area contributed by atoms with E-state index in [0.29, 0.717) is 6.54 Å². The lowest BCUT2D eigenvalue weighted by molar-refractivity contribution is -0.144. The number of esters is 1. The zero-order valence-electron chi connectivity index (χ0n) is 14.7. The van der Waals surface area contributed by atoms with Crippen LogP contribution in [0.25, 0.3) is 6.08 Å². The number of carbonyl (C=O) groups excluding carboxylic acids is 3. The molecule has 0 aliphatic carbocycles. The first-order chi connectivity index (χ1) is 12.0. The van der Waals surface area contributed by atoms with Crippen LogP contribution in [0.2, 0.25) is 0 Å². The molecule has 0 radical (unpaired) electrons. The van der Waals surface area contributed by atoms with E-state index in [1.165, 1.54) is 6.08 Å². The molecular weight excluding hydrogens is 340 g/mol. The summed E-state index contributed by atoms with van der Waals surface area (Å²) < 4.78 is 4.86. The van der Waals surface area contributed by atoms with Gasteiger partial charge in [0.1, 0.15) is 6.04 Å². The number of ether oxygens (including phenoxy) is 1. The first-order valence-electron chi connectivity index (χ1n) is 8.02. The van der Waals surface area contributed by atoms with E-state index in [2.05, 4.69) is 10.6 Å². The molecule has 25 heavy (non-hydrogen) atoms. The average molecular weight is 364 g/mol. The number of hydrogen-bond acceptors (Lipinski definition) is 5. The van der Waals surface area contributed by atoms with Gasteiger partial charge in [-0.25, -0.2) is 4.79 Å². The van der Waals surface area contributed by atoms with Crippen molar-refractivity contribution in [3.63, 3.8) is 0 Å². The summed E-state index contributed by atoms with van der Waals surface area (Å²) in [7, 11) is 0. The van der Waals surface area contributed by atoms with Gasteiger partial charge in [-0.15, -0.1) is 11.8 Å². The van der Waals surface area contributed by atoms with Crippen LogP contribution in [0.1, 0.15) is 25.8 Å². The van der Waals surface area contributed by atoms with Crippen LogP contribution < -0.4 is 10.6 Å². The van der Waals surface area contributed by atoms with E-state index in [4.69, 9.17) is 4.74 Å². The Kier molecular flexibility index (Phi) is 9.39. The Bertz CT molecular complexity index is 614. The van der Waals surface area contributed by atoms with E-state index in [0.717, 1.165) is 16.9 Å². The summed E-state index contributed by atoms with van der Waals surface area (Å²) in [6.07, 6.45) is 5.68. The summed E-state index contributed by atoms with van der Waals surface area (Å²) in [5.41, 5.74) is 0.861. The van der Waals surface area contributed by atoms with Crippen LogP contribution in [0.5, 0.6) is 0 Å². The molecule has 0 aliphatic rings. The molecule has 1 aromatic carbocycles. The summed E-state index contributed by atoms with van der Waals surface area (Å²) in [5, 5.41) is 5.15. The topological polar surface area (TPSA) is 84.5 Å². The Morgan fingerprint density at radius 3 is 2.52 bits per heavy atom. The maximum absolute atomic E-state index is 11.7. The minimum atomic E-state index is -0.678. The van der Waals surface area contributed by atoms with Gasteiger partial charge in [-0.05, 0) is 43.4 Å². The van der Waals surface area contributed by atoms with Crippen molar-refractivity contribution in [2.75, 3.05) is 19.4 Å². The molecule has 2 amide bonds. The highest BCUT2D eigenvalue weighted by molar-refractivity contribution is 7.98. The molecule has 0 saturated carbocycles. The number of benzene rings is 1. The number of thioether (sulfide) groups is 1. The van der Waals surface area contributed by atoms with E-state index < -0.39 is 24.5 Å². The maximum atomic E-state index is 11.7. The third kappa shape index (κ3) is 8.39. The third-order valence-corrected chi connectivity index (χ3v) is 3.94. The zero-order chi connectivity index (χ0) is 18.7. The molecule has 2 N–H and O–H groups in total. The van der Waals surface area contributed by atoms with Crippen molar-refractivity contribution in [3.05, 3.63) is 35.9 Å². The molecule has 0 bridgehead atoms. The molecule has 0 unspecified atom stereocenters. The Morgan fingerprint density at radius 2 is 1.92 bits per heavy atom. The molecule has 0 aliphatic heterocycles. The fourth-order valence-electron chi connectivity index (χ4n) is 1.81. The number of carbonyl (C=O) groups is 3. The fraction of sp³-hybridized carbons (Fsp3) is 0.389. The van der Waals surface area contributed by atoms with Crippen molar-refractivity contribution in [2.24, 2.45) is 0 Å². The molecular formula is C18H24N2O4S. The van der Waals surface area contributed by atoms with Crippen molar-refractivity contribution < 1.29 is 19.1 Å². The predicted octanol–water partition coefficient (Wildman–Crippen LogP) is 2.00. The number of amides is 2. The minimum Gasteiger partial charge on any atom is -0.452 e. The average Bonchev–Trinajstić information content (AvgIpc) is 2.62. The second-order valence-corrected chi connectivity index (χ2v) is 6.17. The van der Waals surface area contributed by atoms with Gasteiger partial charge in [0.2, 0.25) is 5.91 Å². The van der Waals surface area contributed by atoms with Crippen LogP contribution in [-0.4, -0.2) is 43.2 Å². The molecule has 0 fully saturated rings. The molecule has 0 aromatic heterocycles. The summed E-state index contributed by atoms with van der Waals surface area (Å²) in [4.78, 5) is 36.1. The Morgan fingerprint density at radius 1 is 1.24 bits per heavy atom. The van der Waals surface area contributed by atoms with E-state index in [1.807, 2.05) is 37.4 Å². The van der Waals surface area contributed by atoms with Crippen LogP contribution in [0.3, 0.4) is 0 Å². The minimum absolute atomic E-state index is 0.268. The molecule has 7 heteroatoms. The summed E-state index contributed by atoms with van der Waals surface area (Å²) >= 11 is 1.64. The van der Waals surface area contributed by atoms with Gasteiger partial charge >= 0.3 is 5.97 Å². The molecule has 0 spiro atoms. The predicted molar refractivity (Wildman–Crippen MR) is 99.1 cm³/mol. The lowest BCUT2D eigenvalue weighted by Gasteiger charge is -2.13. The molecule has 6 nitrogen and oxygen atoms in total. The van der Waals surface area contributed by atoms with Gasteiger partial charge in [0.15, 0.2) is 6.61 Å². The Labute approximate surface area is 152 Å². The number of nitrogens with one attached hydrogen (secondary N) is 2. The van der Waals surface area contributed by atoms with Crippen molar-refractivity contribution in [3.8, 4) is 0 Å². The summed E-state index contributed by atoms with van der Waals surface area (Å²) in [6.45, 7) is 3.63. The van der Waals surface area contributed by atoms with Crippen molar-refractivity contribution in [1.29, 1.82) is 0 Å². The van der Waals surface area contributed by atoms with Crippen LogP contribution in [0, 0.1) is 0 Å². The molecule has 0 heterocycles. The van der Waals surface area contributed by atoms with Crippen LogP contribution in [-0.2, 0) is 19.1 Å². The number of hydrogen-bond donors (Lipinski definition) is 2. The lowest BCUT2D eigenvalue weighted by Crippen LogP contribution is -2.46. The smallest absolute Gasteiger partial charge is 0.331 e. The van der Waals surface area contributed by atoms with Crippen LogP contribution in [0.4, 0.5) is 0 Å². The standard InChI is InChI=1S/C18H24N2O4S/c1-4-11-19-18(23)13(2)20-16(21)12-24-17(22)10-7-14-5-8-15(25-3)9-6-14/h5-10,13H,4,11-12H2,1-3H3,(H,19,23)(H,20,21)/b10-7+/t13-/m1/s1. The van der Waals surface area contributed by atoms with Gasteiger partial charge in [-0.2, -0.15) is 0 Å². The van der Waals surface area contributed by atoms with E-state index in [1.54, 1.807) is 24.8 Å². The molecule has 1 aromatic rings. The monoisotopic (exact) mass is 364 g/mol. The summed E-state index contributed by atoms with van der Waals surface area (Å²) in [6, 6.07) is 7.00. The quantitative estimate of drug-likeness (QED) is 0.398. The first-order valence-corrected chi connectivity index (χ1v) is 9.24. The fourth-order valence-corrected chi connectivity index (χ4v) is 2.22. The normalized spacial score (nSPS) is 11.8. The van der Waals surface area contributed by atoms with E-state index >= 15 is 0 Å². The third-order valence-electron chi connectivity index (χ3n) is 3.19. The van der Waals surface area contributed by atoms with Crippen LogP contribution >= 0.6 is 11.8 Å². The van der Waals surface area contributed by atoms with Gasteiger partial charge in [0.25, 0.3) is 5.91 Å². The van der Waals surface area contributed by atoms with Crippen molar-refractivity contribution >= 4 is 35.6 Å². The SMILES string of the molecule is CCCNC(=O)[C@@H](C)NC(=O)COC(=O)/C=C/c1ccc(SC)cc1. The summed E-state index contributed by atoms with van der Waals surface area (Å²) in [5.74, 6) is -1.41. The number of rotatable bonds is 9. The molecule has 1 rings (SSSR count). The largest absolute Gasteiger partial charge is 0.452 e. The lowest BCUT2D eigenvalue weighted by atomic mass is 10.2. The highest BCUT2D eigenvalue weighted by Gasteiger charge is 2.15. The molecule has 1 atom stereocenters. The van der Waals surface area contributed by atoms with Crippen molar-refractivity contribution in [2.45, 2.75) is 31.2 Å². The van der Waals surface area contributed by atoms with E-state index in [-0.39, 0.29) is 5.91 Å². The van der Waals surface area contributed by atoms with Gasteiger partial charge in [-0.1, -0.05) is 19.1 Å². The second kappa shape index (κ2) is 11.3. The second-order valence-electron chi connectivity index (χ2n) is 5.29. The maximum Gasteiger partial charge on any atom is 0.331 e. The Balaban J connectivity index is 2.35. The van der Waals surface area contributed by atoms with Crippen LogP contribution in [0.15, 0.2) is 35.2 Å². The van der Waals surface area contributed by atoms with Gasteiger partial charge in [0, 0.05) is 17.5 Å². The molecule has 136 valence electrons. The highest BCUT2D eigenvalue weighted by Crippen LogP contribution is 2.15. The molecule has 0 saturated heterocycles. The van der Waals surface area contributed by atoms with Gasteiger partial charge < -0.3 is 15.4 Å².